The number of aromatic nitrogens is 2. The van der Waals surface area contributed by atoms with Gasteiger partial charge in [0.05, 0.1) is 0 Å². The monoisotopic (exact) mass is 462 g/mol. The van der Waals surface area contributed by atoms with E-state index in [9.17, 15) is 9.59 Å². The van der Waals surface area contributed by atoms with Gasteiger partial charge in [-0.15, -0.1) is 0 Å². The van der Waals surface area contributed by atoms with E-state index in [1.165, 1.54) is 0 Å². The third-order valence-electron chi connectivity index (χ3n) is 4.58. The van der Waals surface area contributed by atoms with Crippen molar-refractivity contribution < 1.29 is 19.1 Å². The molecule has 0 radical (unpaired) electrons. The fraction of sp³-hybridized carbons (Fsp3) is 0.308. The van der Waals surface area contributed by atoms with Crippen molar-refractivity contribution in [1.82, 2.24) is 15.3 Å². The summed E-state index contributed by atoms with van der Waals surface area (Å²) in [6.07, 6.45) is -0.335. The molecule has 0 aliphatic carbocycles. The van der Waals surface area contributed by atoms with Gasteiger partial charge in [0, 0.05) is 23.5 Å². The Bertz CT molecular complexity index is 1110. The predicted molar refractivity (Wildman–Crippen MR) is 130 cm³/mol. The molecule has 0 bridgehead atoms. The Kier molecular flexibility index (Phi) is 7.83. The summed E-state index contributed by atoms with van der Waals surface area (Å²) in [4.78, 5) is 33.9. The largest absolute Gasteiger partial charge is 0.444 e. The average Bonchev–Trinajstić information content (AvgIpc) is 2.73. The SMILES string of the molecule is Cc1cc(C)nc(Oc2ccc(NC(=O)C(Cc3ccccc3)NC(=O)OC(C)(C)C)cc2)n1. The fourth-order valence-electron chi connectivity index (χ4n) is 3.19. The molecule has 0 aliphatic rings. The van der Waals surface area contributed by atoms with Crippen molar-refractivity contribution in [3.8, 4) is 11.8 Å². The van der Waals surface area contributed by atoms with E-state index in [0.717, 1.165) is 17.0 Å². The molecule has 1 heterocycles. The van der Waals surface area contributed by atoms with Crippen molar-refractivity contribution in [2.24, 2.45) is 0 Å². The second-order valence-electron chi connectivity index (χ2n) is 8.94. The van der Waals surface area contributed by atoms with E-state index in [1.54, 1.807) is 45.0 Å². The molecule has 0 aliphatic heterocycles. The Balaban J connectivity index is 1.68. The van der Waals surface area contributed by atoms with Crippen molar-refractivity contribution in [2.45, 2.75) is 52.7 Å². The Morgan fingerprint density at radius 1 is 0.941 bits per heavy atom. The molecule has 1 unspecified atom stereocenters. The second kappa shape index (κ2) is 10.8. The zero-order chi connectivity index (χ0) is 24.7. The van der Waals surface area contributed by atoms with Gasteiger partial charge in [-0.05, 0) is 70.5 Å². The van der Waals surface area contributed by atoms with Gasteiger partial charge in [0.1, 0.15) is 17.4 Å². The van der Waals surface area contributed by atoms with Crippen LogP contribution in [0.25, 0.3) is 0 Å². The first-order valence-electron chi connectivity index (χ1n) is 11.0. The molecule has 2 N–H and O–H groups in total. The number of carbonyl (C=O) groups excluding carboxylic acids is 2. The summed E-state index contributed by atoms with van der Waals surface area (Å²) in [5.41, 5.74) is 2.42. The van der Waals surface area contributed by atoms with E-state index in [0.29, 0.717) is 17.9 Å². The van der Waals surface area contributed by atoms with Crippen LogP contribution in [0, 0.1) is 13.8 Å². The maximum atomic E-state index is 13.0. The minimum Gasteiger partial charge on any atom is -0.444 e. The molecule has 3 rings (SSSR count). The lowest BCUT2D eigenvalue weighted by atomic mass is 10.1. The first kappa shape index (κ1) is 24.7. The van der Waals surface area contributed by atoms with Crippen LogP contribution in [-0.2, 0) is 16.0 Å². The smallest absolute Gasteiger partial charge is 0.408 e. The van der Waals surface area contributed by atoms with Gasteiger partial charge in [0.25, 0.3) is 0 Å². The summed E-state index contributed by atoms with van der Waals surface area (Å²) in [5, 5.41) is 5.53. The van der Waals surface area contributed by atoms with E-state index in [4.69, 9.17) is 9.47 Å². The zero-order valence-corrected chi connectivity index (χ0v) is 20.1. The van der Waals surface area contributed by atoms with Crippen molar-refractivity contribution in [2.75, 3.05) is 5.32 Å². The van der Waals surface area contributed by atoms with Crippen LogP contribution < -0.4 is 15.4 Å². The topological polar surface area (TPSA) is 102 Å². The summed E-state index contributed by atoms with van der Waals surface area (Å²) in [5.74, 6) is 0.178. The molecule has 0 saturated heterocycles. The number of anilines is 1. The predicted octanol–water partition coefficient (Wildman–Crippen LogP) is 4.96. The van der Waals surface area contributed by atoms with Gasteiger partial charge in [-0.2, -0.15) is 0 Å². The normalized spacial score (nSPS) is 11.9. The molecule has 1 atom stereocenters. The number of nitrogens with one attached hydrogen (secondary N) is 2. The minimum atomic E-state index is -0.822. The molecule has 2 amide bonds. The molecule has 0 saturated carbocycles. The molecule has 3 aromatic rings. The van der Waals surface area contributed by atoms with Crippen LogP contribution in [0.3, 0.4) is 0 Å². The van der Waals surface area contributed by atoms with Crippen molar-refractivity contribution in [1.29, 1.82) is 0 Å². The molecule has 2 aromatic carbocycles. The molecular weight excluding hydrogens is 432 g/mol. The standard InChI is InChI=1S/C26H30N4O4/c1-17-15-18(2)28-24(27-17)33-21-13-11-20(12-14-21)29-23(31)22(16-19-9-7-6-8-10-19)30-25(32)34-26(3,4)5/h6-15,22H,16H2,1-5H3,(H,29,31)(H,30,32). The number of aryl methyl sites for hydroxylation is 2. The van der Waals surface area contributed by atoms with E-state index in [1.807, 2.05) is 50.2 Å². The average molecular weight is 463 g/mol. The van der Waals surface area contributed by atoms with Gasteiger partial charge >= 0.3 is 12.1 Å². The van der Waals surface area contributed by atoms with Crippen LogP contribution in [0.1, 0.15) is 37.7 Å². The zero-order valence-electron chi connectivity index (χ0n) is 20.1. The molecule has 178 valence electrons. The molecular formula is C26H30N4O4. The van der Waals surface area contributed by atoms with Gasteiger partial charge in [0.2, 0.25) is 5.91 Å². The van der Waals surface area contributed by atoms with Gasteiger partial charge in [-0.25, -0.2) is 14.8 Å². The lowest BCUT2D eigenvalue weighted by Crippen LogP contribution is -2.47. The highest BCUT2D eigenvalue weighted by Crippen LogP contribution is 2.21. The summed E-state index contributed by atoms with van der Waals surface area (Å²) >= 11 is 0. The number of nitrogens with zero attached hydrogens (tertiary/aromatic N) is 2. The summed E-state index contributed by atoms with van der Waals surface area (Å²) < 4.78 is 11.1. The number of benzene rings is 2. The minimum absolute atomic E-state index is 0.263. The summed E-state index contributed by atoms with van der Waals surface area (Å²) in [6.45, 7) is 9.05. The lowest BCUT2D eigenvalue weighted by molar-refractivity contribution is -0.118. The first-order chi connectivity index (χ1) is 16.1. The highest BCUT2D eigenvalue weighted by molar-refractivity contribution is 5.96. The number of hydrogen-bond acceptors (Lipinski definition) is 6. The fourth-order valence-corrected chi connectivity index (χ4v) is 3.19. The highest BCUT2D eigenvalue weighted by atomic mass is 16.6. The highest BCUT2D eigenvalue weighted by Gasteiger charge is 2.25. The maximum Gasteiger partial charge on any atom is 0.408 e. The van der Waals surface area contributed by atoms with Crippen molar-refractivity contribution in [3.05, 3.63) is 77.6 Å². The van der Waals surface area contributed by atoms with E-state index < -0.39 is 17.7 Å². The number of carbonyl (C=O) groups is 2. The van der Waals surface area contributed by atoms with Gasteiger partial charge in [-0.1, -0.05) is 30.3 Å². The van der Waals surface area contributed by atoms with Crippen LogP contribution >= 0.6 is 0 Å². The van der Waals surface area contributed by atoms with E-state index in [-0.39, 0.29) is 11.9 Å². The van der Waals surface area contributed by atoms with Gasteiger partial charge in [0.15, 0.2) is 0 Å². The Morgan fingerprint density at radius 3 is 2.15 bits per heavy atom. The van der Waals surface area contributed by atoms with Crippen LogP contribution in [0.2, 0.25) is 0 Å². The number of amides is 2. The van der Waals surface area contributed by atoms with E-state index in [2.05, 4.69) is 20.6 Å². The quantitative estimate of drug-likeness (QED) is 0.514. The molecule has 0 fully saturated rings. The Morgan fingerprint density at radius 2 is 1.56 bits per heavy atom. The Hall–Kier alpha value is -3.94. The van der Waals surface area contributed by atoms with Crippen LogP contribution in [-0.4, -0.2) is 33.6 Å². The molecule has 8 nitrogen and oxygen atoms in total. The van der Waals surface area contributed by atoms with Crippen molar-refractivity contribution >= 4 is 17.7 Å². The van der Waals surface area contributed by atoms with Crippen LogP contribution in [0.15, 0.2) is 60.7 Å². The maximum absolute atomic E-state index is 13.0. The molecule has 8 heteroatoms. The number of hydrogen-bond donors (Lipinski definition) is 2. The number of rotatable bonds is 7. The van der Waals surface area contributed by atoms with Gasteiger partial charge in [-0.3, -0.25) is 4.79 Å². The molecule has 34 heavy (non-hydrogen) atoms. The first-order valence-corrected chi connectivity index (χ1v) is 11.0. The second-order valence-corrected chi connectivity index (χ2v) is 8.94. The third kappa shape index (κ3) is 7.88. The third-order valence-corrected chi connectivity index (χ3v) is 4.58. The molecule has 0 spiro atoms. The summed E-state index contributed by atoms with van der Waals surface area (Å²) in [6, 6.07) is 17.6. The van der Waals surface area contributed by atoms with Crippen LogP contribution in [0.4, 0.5) is 10.5 Å². The lowest BCUT2D eigenvalue weighted by Gasteiger charge is -2.23. The van der Waals surface area contributed by atoms with Gasteiger partial charge < -0.3 is 20.1 Å². The summed E-state index contributed by atoms with van der Waals surface area (Å²) in [7, 11) is 0. The van der Waals surface area contributed by atoms with Crippen molar-refractivity contribution in [3.63, 3.8) is 0 Å². The van der Waals surface area contributed by atoms with Crippen LogP contribution in [0.5, 0.6) is 11.8 Å². The number of alkyl carbamates (subject to hydrolysis) is 1. The number of ether oxygens (including phenoxy) is 2. The Labute approximate surface area is 199 Å². The van der Waals surface area contributed by atoms with E-state index >= 15 is 0 Å². The molecule has 1 aromatic heterocycles.